The third-order valence-corrected chi connectivity index (χ3v) is 2.97. The van der Waals surface area contributed by atoms with Crippen molar-refractivity contribution in [2.75, 3.05) is 0 Å². The first-order chi connectivity index (χ1) is 5.31. The average Bonchev–Trinajstić information content (AvgIpc) is 2.37. The molecule has 0 aromatic heterocycles. The Morgan fingerprint density at radius 3 is 2.64 bits per heavy atom. The zero-order valence-corrected chi connectivity index (χ0v) is 6.81. The van der Waals surface area contributed by atoms with Gasteiger partial charge in [-0.05, 0) is 18.3 Å². The molecule has 1 fully saturated rings. The molecule has 0 unspecified atom stereocenters. The average molecular weight is 150 g/mol. The summed E-state index contributed by atoms with van der Waals surface area (Å²) in [5.74, 6) is 0.439. The standard InChI is InChI=1S/C10H14O/c11-9-4-3-7-10(8-9)5-1-2-6-10/h3,7H,1-2,4-6,8H2. The van der Waals surface area contributed by atoms with Crippen molar-refractivity contribution in [2.45, 2.75) is 38.5 Å². The van der Waals surface area contributed by atoms with E-state index in [1.54, 1.807) is 0 Å². The smallest absolute Gasteiger partial charge is 0.137 e. The molecule has 11 heavy (non-hydrogen) atoms. The van der Waals surface area contributed by atoms with Gasteiger partial charge in [-0.3, -0.25) is 4.79 Å². The number of allylic oxidation sites excluding steroid dienone is 2. The summed E-state index contributed by atoms with van der Waals surface area (Å²) in [6.45, 7) is 0. The topological polar surface area (TPSA) is 17.1 Å². The highest BCUT2D eigenvalue weighted by Crippen LogP contribution is 2.44. The Balaban J connectivity index is 2.18. The molecule has 0 aliphatic heterocycles. The van der Waals surface area contributed by atoms with Crippen LogP contribution < -0.4 is 0 Å². The minimum absolute atomic E-state index is 0.315. The molecule has 2 rings (SSSR count). The fourth-order valence-corrected chi connectivity index (χ4v) is 2.39. The first kappa shape index (κ1) is 7.08. The number of hydrogen-bond acceptors (Lipinski definition) is 1. The van der Waals surface area contributed by atoms with Crippen molar-refractivity contribution >= 4 is 5.78 Å². The van der Waals surface area contributed by atoms with E-state index in [1.807, 2.05) is 0 Å². The molecular weight excluding hydrogens is 136 g/mol. The van der Waals surface area contributed by atoms with E-state index in [0.29, 0.717) is 17.6 Å². The van der Waals surface area contributed by atoms with Crippen LogP contribution in [-0.4, -0.2) is 5.78 Å². The van der Waals surface area contributed by atoms with Crippen LogP contribution in [0.4, 0.5) is 0 Å². The lowest BCUT2D eigenvalue weighted by Gasteiger charge is -2.26. The molecule has 0 aromatic rings. The fourth-order valence-electron chi connectivity index (χ4n) is 2.39. The monoisotopic (exact) mass is 150 g/mol. The van der Waals surface area contributed by atoms with Gasteiger partial charge in [-0.1, -0.05) is 25.0 Å². The summed E-state index contributed by atoms with van der Waals surface area (Å²) in [5, 5.41) is 0. The van der Waals surface area contributed by atoms with E-state index in [2.05, 4.69) is 12.2 Å². The molecule has 1 nitrogen and oxygen atoms in total. The van der Waals surface area contributed by atoms with E-state index >= 15 is 0 Å². The third kappa shape index (κ3) is 1.24. The first-order valence-electron chi connectivity index (χ1n) is 4.50. The number of carbonyl (C=O) groups excluding carboxylic acids is 1. The minimum atomic E-state index is 0.315. The Hall–Kier alpha value is -0.590. The van der Waals surface area contributed by atoms with E-state index in [0.717, 1.165) is 6.42 Å². The van der Waals surface area contributed by atoms with Gasteiger partial charge < -0.3 is 0 Å². The third-order valence-electron chi connectivity index (χ3n) is 2.97. The van der Waals surface area contributed by atoms with Gasteiger partial charge in [-0.15, -0.1) is 0 Å². The molecule has 0 radical (unpaired) electrons. The highest BCUT2D eigenvalue weighted by molar-refractivity contribution is 5.82. The Morgan fingerprint density at radius 1 is 1.27 bits per heavy atom. The van der Waals surface area contributed by atoms with Crippen molar-refractivity contribution in [1.82, 2.24) is 0 Å². The summed E-state index contributed by atoms with van der Waals surface area (Å²) < 4.78 is 0. The molecule has 1 heteroatoms. The Bertz CT molecular complexity index is 197. The molecule has 0 amide bonds. The second kappa shape index (κ2) is 2.47. The number of carbonyl (C=O) groups is 1. The van der Waals surface area contributed by atoms with Crippen molar-refractivity contribution < 1.29 is 4.79 Å². The maximum absolute atomic E-state index is 11.2. The maximum Gasteiger partial charge on any atom is 0.137 e. The van der Waals surface area contributed by atoms with Gasteiger partial charge in [-0.25, -0.2) is 0 Å². The zero-order valence-electron chi connectivity index (χ0n) is 6.81. The molecular formula is C10H14O. The van der Waals surface area contributed by atoms with E-state index < -0.39 is 0 Å². The van der Waals surface area contributed by atoms with Crippen LogP contribution in [0.5, 0.6) is 0 Å². The van der Waals surface area contributed by atoms with E-state index in [9.17, 15) is 4.79 Å². The Morgan fingerprint density at radius 2 is 2.00 bits per heavy atom. The van der Waals surface area contributed by atoms with Crippen LogP contribution in [0.15, 0.2) is 12.2 Å². The zero-order chi connectivity index (χ0) is 7.73. The molecule has 0 atom stereocenters. The molecule has 0 heterocycles. The summed E-state index contributed by atoms with van der Waals surface area (Å²) in [5.41, 5.74) is 0.315. The van der Waals surface area contributed by atoms with Crippen molar-refractivity contribution in [1.29, 1.82) is 0 Å². The van der Waals surface area contributed by atoms with E-state index in [4.69, 9.17) is 0 Å². The lowest BCUT2D eigenvalue weighted by Crippen LogP contribution is -2.21. The van der Waals surface area contributed by atoms with E-state index in [1.165, 1.54) is 25.7 Å². The second-order valence-corrected chi connectivity index (χ2v) is 3.89. The van der Waals surface area contributed by atoms with Gasteiger partial charge in [0.2, 0.25) is 0 Å². The molecule has 0 N–H and O–H groups in total. The van der Waals surface area contributed by atoms with Gasteiger partial charge in [0.1, 0.15) is 5.78 Å². The SMILES string of the molecule is O=C1CC=CC2(CCCC2)C1. The lowest BCUT2D eigenvalue weighted by molar-refractivity contribution is -0.120. The number of Topliss-reactive ketones (excluding diaryl/α,β-unsaturated/α-hetero) is 1. The molecule has 1 spiro atoms. The number of ketones is 1. The van der Waals surface area contributed by atoms with E-state index in [-0.39, 0.29) is 0 Å². The van der Waals surface area contributed by atoms with Crippen LogP contribution in [0.25, 0.3) is 0 Å². The predicted octanol–water partition coefficient (Wildman–Crippen LogP) is 2.47. The summed E-state index contributed by atoms with van der Waals surface area (Å²) in [4.78, 5) is 11.2. The first-order valence-corrected chi connectivity index (χ1v) is 4.50. The molecule has 0 bridgehead atoms. The molecule has 0 saturated heterocycles. The van der Waals surface area contributed by atoms with Crippen LogP contribution in [0.2, 0.25) is 0 Å². The van der Waals surface area contributed by atoms with Crippen LogP contribution in [-0.2, 0) is 4.79 Å². The second-order valence-electron chi connectivity index (χ2n) is 3.89. The van der Waals surface area contributed by atoms with Crippen molar-refractivity contribution in [3.05, 3.63) is 12.2 Å². The summed E-state index contributed by atoms with van der Waals surface area (Å²) in [6.07, 6.45) is 11.0. The van der Waals surface area contributed by atoms with Gasteiger partial charge in [-0.2, -0.15) is 0 Å². The molecule has 0 aromatic carbocycles. The van der Waals surface area contributed by atoms with Gasteiger partial charge in [0.15, 0.2) is 0 Å². The van der Waals surface area contributed by atoms with Gasteiger partial charge in [0.05, 0.1) is 0 Å². The van der Waals surface area contributed by atoms with Crippen LogP contribution in [0.3, 0.4) is 0 Å². The molecule has 60 valence electrons. The summed E-state index contributed by atoms with van der Waals surface area (Å²) >= 11 is 0. The number of rotatable bonds is 0. The highest BCUT2D eigenvalue weighted by Gasteiger charge is 2.34. The minimum Gasteiger partial charge on any atom is -0.299 e. The Kier molecular flexibility index (Phi) is 1.59. The maximum atomic E-state index is 11.2. The van der Waals surface area contributed by atoms with Crippen LogP contribution >= 0.6 is 0 Å². The van der Waals surface area contributed by atoms with Gasteiger partial charge >= 0.3 is 0 Å². The molecule has 2 aliphatic rings. The van der Waals surface area contributed by atoms with Gasteiger partial charge in [0.25, 0.3) is 0 Å². The van der Waals surface area contributed by atoms with Crippen molar-refractivity contribution in [2.24, 2.45) is 5.41 Å². The fraction of sp³-hybridized carbons (Fsp3) is 0.700. The summed E-state index contributed by atoms with van der Waals surface area (Å²) in [7, 11) is 0. The lowest BCUT2D eigenvalue weighted by atomic mass is 9.77. The predicted molar refractivity (Wildman–Crippen MR) is 44.3 cm³/mol. The van der Waals surface area contributed by atoms with Crippen molar-refractivity contribution in [3.63, 3.8) is 0 Å². The molecule has 2 aliphatic carbocycles. The Labute approximate surface area is 67.5 Å². The van der Waals surface area contributed by atoms with Crippen molar-refractivity contribution in [3.8, 4) is 0 Å². The largest absolute Gasteiger partial charge is 0.299 e. The van der Waals surface area contributed by atoms with Gasteiger partial charge in [0, 0.05) is 12.8 Å². The van der Waals surface area contributed by atoms with Crippen LogP contribution in [0.1, 0.15) is 38.5 Å². The quantitative estimate of drug-likeness (QED) is 0.485. The van der Waals surface area contributed by atoms with Crippen LogP contribution in [0, 0.1) is 5.41 Å². The number of hydrogen-bond donors (Lipinski definition) is 0. The highest BCUT2D eigenvalue weighted by atomic mass is 16.1. The normalized spacial score (nSPS) is 28.2. The summed E-state index contributed by atoms with van der Waals surface area (Å²) in [6, 6.07) is 0. The molecule has 1 saturated carbocycles.